The van der Waals surface area contributed by atoms with Gasteiger partial charge in [-0.05, 0) is 24.6 Å². The molecule has 2 N–H and O–H groups in total. The highest BCUT2D eigenvalue weighted by molar-refractivity contribution is 6.35. The summed E-state index contributed by atoms with van der Waals surface area (Å²) >= 11 is 6.41. The van der Waals surface area contributed by atoms with E-state index in [4.69, 9.17) is 22.1 Å². The fourth-order valence-corrected chi connectivity index (χ4v) is 3.63. The molecule has 1 saturated heterocycles. The largest absolute Gasteiger partial charge is 0.382 e. The van der Waals surface area contributed by atoms with Gasteiger partial charge in [-0.2, -0.15) is 10.4 Å². The molecule has 0 atom stereocenters. The average Bonchev–Trinajstić information content (AvgIpc) is 3.39. The maximum atomic E-state index is 9.32. The van der Waals surface area contributed by atoms with E-state index in [1.807, 2.05) is 29.9 Å². The van der Waals surface area contributed by atoms with Crippen molar-refractivity contribution in [2.75, 3.05) is 18.9 Å². The molecule has 3 aromatic heterocycles. The predicted octanol–water partition coefficient (Wildman–Crippen LogP) is 2.63. The number of ether oxygens (including phenoxy) is 1. The van der Waals surface area contributed by atoms with Crippen molar-refractivity contribution >= 4 is 17.4 Å². The Labute approximate surface area is 188 Å². The van der Waals surface area contributed by atoms with E-state index in [-0.39, 0.29) is 10.8 Å². The van der Waals surface area contributed by atoms with Crippen LogP contribution in [-0.4, -0.2) is 48.0 Å². The second-order valence-electron chi connectivity index (χ2n) is 7.46. The topological polar surface area (TPSA) is 133 Å². The molecule has 4 heterocycles. The van der Waals surface area contributed by atoms with Crippen LogP contribution in [0.15, 0.2) is 36.7 Å². The van der Waals surface area contributed by atoms with Crippen LogP contribution in [0.5, 0.6) is 0 Å². The Balaban J connectivity index is 1.46. The van der Waals surface area contributed by atoms with Gasteiger partial charge in [0.2, 0.25) is 0 Å². The Morgan fingerprint density at radius 2 is 2.12 bits per heavy atom. The summed E-state index contributed by atoms with van der Waals surface area (Å²) in [6.45, 7) is 3.65. The molecule has 1 aromatic carbocycles. The van der Waals surface area contributed by atoms with Gasteiger partial charge in [-0.25, -0.2) is 14.6 Å². The van der Waals surface area contributed by atoms with Crippen molar-refractivity contribution < 1.29 is 4.74 Å². The van der Waals surface area contributed by atoms with E-state index in [1.54, 1.807) is 23.0 Å². The smallest absolute Gasteiger partial charge is 0.162 e. The number of nitrogens with zero attached hydrogens (tertiary/aromatic N) is 8. The van der Waals surface area contributed by atoms with Crippen molar-refractivity contribution in [1.82, 2.24) is 34.7 Å². The van der Waals surface area contributed by atoms with Gasteiger partial charge in [-0.1, -0.05) is 28.9 Å². The number of nitrogens with two attached hydrogens (primary N) is 1. The highest BCUT2D eigenvalue weighted by atomic mass is 35.5. The number of hydrogen-bond acceptors (Lipinski definition) is 8. The summed E-state index contributed by atoms with van der Waals surface area (Å²) in [5, 5.41) is 22.5. The van der Waals surface area contributed by atoms with Crippen LogP contribution in [0.1, 0.15) is 22.9 Å². The van der Waals surface area contributed by atoms with Crippen molar-refractivity contribution in [3.05, 3.63) is 58.5 Å². The first-order valence-electron chi connectivity index (χ1n) is 9.89. The molecule has 0 radical (unpaired) electrons. The van der Waals surface area contributed by atoms with Crippen molar-refractivity contribution in [2.45, 2.75) is 19.5 Å². The summed E-state index contributed by atoms with van der Waals surface area (Å²) in [7, 11) is 0. The lowest BCUT2D eigenvalue weighted by Crippen LogP contribution is -2.31. The molecule has 4 aromatic rings. The molecular weight excluding hydrogens is 430 g/mol. The Morgan fingerprint density at radius 1 is 1.28 bits per heavy atom. The fraction of sp³-hybridized carbons (Fsp3) is 0.238. The van der Waals surface area contributed by atoms with Gasteiger partial charge in [0.05, 0.1) is 49.3 Å². The summed E-state index contributed by atoms with van der Waals surface area (Å²) in [5.74, 6) is 0.497. The zero-order valence-electron chi connectivity index (χ0n) is 17.1. The van der Waals surface area contributed by atoms with Crippen molar-refractivity contribution in [1.29, 1.82) is 5.26 Å². The summed E-state index contributed by atoms with van der Waals surface area (Å²) in [4.78, 5) is 8.91. The third-order valence-corrected chi connectivity index (χ3v) is 5.71. The van der Waals surface area contributed by atoms with E-state index in [2.05, 4.69) is 31.4 Å². The highest BCUT2D eigenvalue weighted by Crippen LogP contribution is 2.32. The molecule has 10 nitrogen and oxygen atoms in total. The quantitative estimate of drug-likeness (QED) is 0.493. The molecule has 0 amide bonds. The van der Waals surface area contributed by atoms with Gasteiger partial charge < -0.3 is 10.5 Å². The number of aromatic nitrogens is 7. The van der Waals surface area contributed by atoms with Crippen LogP contribution in [0.25, 0.3) is 22.8 Å². The third-order valence-electron chi connectivity index (χ3n) is 5.34. The number of nitriles is 1. The number of nitrogen functional groups attached to an aromatic ring is 1. The van der Waals surface area contributed by atoms with E-state index < -0.39 is 0 Å². The predicted molar refractivity (Wildman–Crippen MR) is 117 cm³/mol. The minimum Gasteiger partial charge on any atom is -0.382 e. The second-order valence-corrected chi connectivity index (χ2v) is 7.84. The lowest BCUT2D eigenvalue weighted by Gasteiger charge is -2.25. The standard InChI is InChI=1S/C21H18ClN9O/c1-12-13(7-23)3-2-4-16(12)21-25-19(18(22)20(24)26-21)17-9-30(29-27-17)8-14-5-6-31(28-14)15-10-32-11-15/h2-6,9,15H,8,10-11H2,1H3,(H2,24,25,26). The van der Waals surface area contributed by atoms with Gasteiger partial charge in [-0.3, -0.25) is 4.68 Å². The summed E-state index contributed by atoms with van der Waals surface area (Å²) in [5.41, 5.74) is 9.77. The minimum atomic E-state index is 0.129. The van der Waals surface area contributed by atoms with Crippen LogP contribution >= 0.6 is 11.6 Å². The Bertz CT molecular complexity index is 1350. The molecule has 0 saturated carbocycles. The molecule has 1 fully saturated rings. The molecule has 1 aliphatic rings. The molecule has 0 unspecified atom stereocenters. The first-order chi connectivity index (χ1) is 15.5. The first kappa shape index (κ1) is 20.1. The van der Waals surface area contributed by atoms with E-state index in [0.717, 1.165) is 11.3 Å². The van der Waals surface area contributed by atoms with Crippen molar-refractivity contribution in [2.24, 2.45) is 0 Å². The number of anilines is 1. The van der Waals surface area contributed by atoms with E-state index in [9.17, 15) is 5.26 Å². The normalized spacial score (nSPS) is 13.7. The first-order valence-corrected chi connectivity index (χ1v) is 10.3. The van der Waals surface area contributed by atoms with Gasteiger partial charge in [0.15, 0.2) is 5.82 Å². The van der Waals surface area contributed by atoms with E-state index in [1.165, 1.54) is 0 Å². The molecule has 11 heteroatoms. The lowest BCUT2D eigenvalue weighted by atomic mass is 10.0. The van der Waals surface area contributed by atoms with Crippen LogP contribution in [0, 0.1) is 18.3 Å². The van der Waals surface area contributed by atoms with Gasteiger partial charge in [0.25, 0.3) is 0 Å². The molecule has 0 spiro atoms. The van der Waals surface area contributed by atoms with Crippen LogP contribution in [0.4, 0.5) is 5.82 Å². The number of benzene rings is 1. The monoisotopic (exact) mass is 447 g/mol. The third kappa shape index (κ3) is 3.57. The highest BCUT2D eigenvalue weighted by Gasteiger charge is 2.21. The molecule has 0 aliphatic carbocycles. The Morgan fingerprint density at radius 3 is 2.88 bits per heavy atom. The van der Waals surface area contributed by atoms with Crippen molar-refractivity contribution in [3.63, 3.8) is 0 Å². The second kappa shape index (κ2) is 8.03. The molecular formula is C21H18ClN9O. The minimum absolute atomic E-state index is 0.129. The number of rotatable bonds is 5. The van der Waals surface area contributed by atoms with Crippen LogP contribution < -0.4 is 5.73 Å². The molecule has 32 heavy (non-hydrogen) atoms. The molecule has 1 aliphatic heterocycles. The van der Waals surface area contributed by atoms with Gasteiger partial charge in [0.1, 0.15) is 22.2 Å². The number of halogens is 1. The number of hydrogen-bond donors (Lipinski definition) is 1. The van der Waals surface area contributed by atoms with Crippen LogP contribution in [0.3, 0.4) is 0 Å². The van der Waals surface area contributed by atoms with Gasteiger partial charge in [0, 0.05) is 11.8 Å². The van der Waals surface area contributed by atoms with E-state index in [0.29, 0.717) is 54.1 Å². The molecule has 160 valence electrons. The maximum absolute atomic E-state index is 9.32. The average molecular weight is 448 g/mol. The zero-order chi connectivity index (χ0) is 22.2. The van der Waals surface area contributed by atoms with Crippen LogP contribution in [-0.2, 0) is 11.3 Å². The SMILES string of the molecule is Cc1c(C#N)cccc1-c1nc(N)c(Cl)c(-c2cn(Cc3ccn(C4COC4)n3)nn2)n1. The molecule has 0 bridgehead atoms. The van der Waals surface area contributed by atoms with Crippen molar-refractivity contribution in [3.8, 4) is 28.8 Å². The summed E-state index contributed by atoms with van der Waals surface area (Å²) in [6.07, 6.45) is 3.67. The maximum Gasteiger partial charge on any atom is 0.162 e. The summed E-state index contributed by atoms with van der Waals surface area (Å²) < 4.78 is 8.78. The Hall–Kier alpha value is -3.81. The van der Waals surface area contributed by atoms with Crippen LogP contribution in [0.2, 0.25) is 5.02 Å². The van der Waals surface area contributed by atoms with Gasteiger partial charge in [-0.15, -0.1) is 5.10 Å². The summed E-state index contributed by atoms with van der Waals surface area (Å²) in [6, 6.07) is 9.75. The molecule has 5 rings (SSSR count). The zero-order valence-corrected chi connectivity index (χ0v) is 17.9. The van der Waals surface area contributed by atoms with Gasteiger partial charge >= 0.3 is 0 Å². The fourth-order valence-electron chi connectivity index (χ4n) is 3.44. The Kier molecular flexibility index (Phi) is 5.05. The lowest BCUT2D eigenvalue weighted by molar-refractivity contribution is -0.0288. The van der Waals surface area contributed by atoms with E-state index >= 15 is 0 Å².